The predicted octanol–water partition coefficient (Wildman–Crippen LogP) is -2.65. The van der Waals surface area contributed by atoms with Gasteiger partial charge in [-0.3, -0.25) is 4.90 Å². The largest absolute Gasteiger partial charge is 0.395 e. The predicted molar refractivity (Wildman–Crippen MR) is 58.6 cm³/mol. The Labute approximate surface area is 89.8 Å². The molecule has 0 aliphatic carbocycles. The van der Waals surface area contributed by atoms with Crippen molar-refractivity contribution in [1.29, 1.82) is 0 Å². The number of nitrogens with zero attached hydrogens (tertiary/aromatic N) is 1. The molecule has 7 nitrogen and oxygen atoms in total. The van der Waals surface area contributed by atoms with Gasteiger partial charge in [-0.1, -0.05) is 0 Å². The minimum Gasteiger partial charge on any atom is -0.395 e. The minimum absolute atomic E-state index is 0.0694. The topological polar surface area (TPSA) is 125 Å². The average molecular weight is 247 g/mol. The van der Waals surface area contributed by atoms with Gasteiger partial charge in [-0.25, -0.2) is 0 Å². The van der Waals surface area contributed by atoms with Gasteiger partial charge >= 0.3 is 29.3 Å². The van der Waals surface area contributed by atoms with Crippen LogP contribution in [-0.2, 0) is 0 Å². The molecule has 0 fully saturated rings. The number of aliphatic hydroxyl groups excluding tert-OH is 3. The Morgan fingerprint density at radius 1 is 0.800 bits per heavy atom. The first kappa shape index (κ1) is 17.5. The Morgan fingerprint density at radius 2 is 1.00 bits per heavy atom. The summed E-state index contributed by atoms with van der Waals surface area (Å²) in [5.74, 6) is 0. The van der Waals surface area contributed by atoms with Crippen LogP contribution in [0.2, 0.25) is 0 Å². The van der Waals surface area contributed by atoms with Crippen molar-refractivity contribution in [1.82, 2.24) is 4.90 Å². The summed E-state index contributed by atoms with van der Waals surface area (Å²) in [5.41, 5.74) is 0. The van der Waals surface area contributed by atoms with Crippen molar-refractivity contribution in [2.24, 2.45) is 0 Å². The van der Waals surface area contributed by atoms with Crippen molar-refractivity contribution in [3.05, 3.63) is 0 Å². The van der Waals surface area contributed by atoms with E-state index >= 15 is 0 Å². The fourth-order valence-corrected chi connectivity index (χ4v) is 0.760. The van der Waals surface area contributed by atoms with Gasteiger partial charge in [0.1, 0.15) is 0 Å². The molecule has 96 valence electrons. The second-order valence-corrected chi connectivity index (χ2v) is 4.92. The van der Waals surface area contributed by atoms with E-state index in [4.69, 9.17) is 30.0 Å². The first-order chi connectivity index (χ1) is 6.85. The molecule has 0 rings (SSSR count). The molecule has 0 saturated carbocycles. The molecular formula is C7H22NO6P. The van der Waals surface area contributed by atoms with Crippen LogP contribution in [0, 0.1) is 0 Å². The Balaban J connectivity index is 0. The van der Waals surface area contributed by atoms with Crippen LogP contribution >= 0.6 is 7.94 Å². The van der Waals surface area contributed by atoms with Crippen LogP contribution in [0.15, 0.2) is 0 Å². The molecule has 0 atom stereocenters. The third kappa shape index (κ3) is 24.9. The van der Waals surface area contributed by atoms with Gasteiger partial charge in [0.05, 0.1) is 19.8 Å². The minimum atomic E-state index is -3.61. The number of hydrogen-bond acceptors (Lipinski definition) is 7. The van der Waals surface area contributed by atoms with Gasteiger partial charge < -0.3 is 15.3 Å². The first-order valence-electron chi connectivity index (χ1n) is 4.57. The van der Waals surface area contributed by atoms with Crippen molar-refractivity contribution >= 4 is 7.94 Å². The SMILES string of the molecule is C[PH](O)(O)O.OCCN(CCO)CCO. The maximum absolute atomic E-state index is 8.48. The second kappa shape index (κ2) is 10.7. The molecule has 0 unspecified atom stereocenters. The maximum Gasteiger partial charge on any atom is 0.0558 e. The zero-order valence-corrected chi connectivity index (χ0v) is 9.87. The van der Waals surface area contributed by atoms with E-state index in [-0.39, 0.29) is 19.8 Å². The van der Waals surface area contributed by atoms with E-state index in [9.17, 15) is 0 Å². The van der Waals surface area contributed by atoms with Crippen LogP contribution in [0.4, 0.5) is 0 Å². The van der Waals surface area contributed by atoms with E-state index in [1.807, 2.05) is 0 Å². The van der Waals surface area contributed by atoms with Crippen LogP contribution in [0.5, 0.6) is 0 Å². The summed E-state index contributed by atoms with van der Waals surface area (Å²) in [6, 6.07) is 0. The molecule has 0 amide bonds. The fourth-order valence-electron chi connectivity index (χ4n) is 0.760. The van der Waals surface area contributed by atoms with E-state index in [2.05, 4.69) is 0 Å². The van der Waals surface area contributed by atoms with Gasteiger partial charge in [0.2, 0.25) is 0 Å². The van der Waals surface area contributed by atoms with Gasteiger partial charge in [-0.05, 0) is 0 Å². The Morgan fingerprint density at radius 3 is 1.13 bits per heavy atom. The molecule has 0 heterocycles. The van der Waals surface area contributed by atoms with Crippen molar-refractivity contribution < 1.29 is 30.0 Å². The molecule has 15 heavy (non-hydrogen) atoms. The van der Waals surface area contributed by atoms with E-state index in [0.717, 1.165) is 6.66 Å². The molecule has 6 N–H and O–H groups in total. The molecule has 0 bridgehead atoms. The molecule has 8 heteroatoms. The average Bonchev–Trinajstić information content (AvgIpc) is 2.02. The van der Waals surface area contributed by atoms with Crippen molar-refractivity contribution in [2.75, 3.05) is 46.1 Å². The fraction of sp³-hybridized carbons (Fsp3) is 1.00. The Kier molecular flexibility index (Phi) is 12.5. The summed E-state index contributed by atoms with van der Waals surface area (Å²) in [5, 5.41) is 25.5. The molecule has 0 aromatic rings. The number of hydrogen-bond donors (Lipinski definition) is 6. The van der Waals surface area contributed by atoms with E-state index in [1.165, 1.54) is 0 Å². The Hall–Kier alpha value is 0.150. The molecule has 0 radical (unpaired) electrons. The van der Waals surface area contributed by atoms with Crippen LogP contribution in [0.1, 0.15) is 0 Å². The smallest absolute Gasteiger partial charge is 0.0558 e. The van der Waals surface area contributed by atoms with Gasteiger partial charge in [-0.2, -0.15) is 0 Å². The summed E-state index contributed by atoms with van der Waals surface area (Å²) in [4.78, 5) is 25.1. The quantitative estimate of drug-likeness (QED) is 0.283. The van der Waals surface area contributed by atoms with Crippen LogP contribution in [-0.4, -0.2) is 81.0 Å². The van der Waals surface area contributed by atoms with Gasteiger partial charge in [-0.15, -0.1) is 0 Å². The number of rotatable bonds is 6. The van der Waals surface area contributed by atoms with Crippen molar-refractivity contribution in [3.8, 4) is 0 Å². The summed E-state index contributed by atoms with van der Waals surface area (Å²) < 4.78 is 0. The summed E-state index contributed by atoms with van der Waals surface area (Å²) in [6.07, 6.45) is 0. The van der Waals surface area contributed by atoms with Crippen molar-refractivity contribution in [2.45, 2.75) is 0 Å². The first-order valence-corrected chi connectivity index (χ1v) is 6.91. The summed E-state index contributed by atoms with van der Waals surface area (Å²) >= 11 is 0. The molecule has 0 aromatic heterocycles. The molecule has 0 aromatic carbocycles. The summed E-state index contributed by atoms with van der Waals surface area (Å²) in [6.45, 7) is 2.75. The zero-order chi connectivity index (χ0) is 12.3. The molecule has 0 aliphatic heterocycles. The monoisotopic (exact) mass is 247 g/mol. The molecule has 0 aliphatic rings. The van der Waals surface area contributed by atoms with Crippen LogP contribution < -0.4 is 0 Å². The molecule has 0 saturated heterocycles. The standard InChI is InChI=1S/C6H15NO3.CH7O3P/c8-4-1-7(2-5-9)3-6-10;1-5(2,3)4/h8-10H,1-6H2;2-5H,1H3. The van der Waals surface area contributed by atoms with Crippen LogP contribution in [0.25, 0.3) is 0 Å². The second-order valence-electron chi connectivity index (χ2n) is 2.98. The normalized spacial score (nSPS) is 12.3. The van der Waals surface area contributed by atoms with Gasteiger partial charge in [0.15, 0.2) is 0 Å². The van der Waals surface area contributed by atoms with Gasteiger partial charge in [0.25, 0.3) is 0 Å². The molecular weight excluding hydrogens is 225 g/mol. The van der Waals surface area contributed by atoms with E-state index in [0.29, 0.717) is 19.6 Å². The maximum atomic E-state index is 8.48. The van der Waals surface area contributed by atoms with Gasteiger partial charge in [0, 0.05) is 19.6 Å². The zero-order valence-electron chi connectivity index (χ0n) is 8.87. The van der Waals surface area contributed by atoms with E-state index in [1.54, 1.807) is 4.90 Å². The van der Waals surface area contributed by atoms with Crippen molar-refractivity contribution in [3.63, 3.8) is 0 Å². The molecule has 0 spiro atoms. The van der Waals surface area contributed by atoms with Crippen LogP contribution in [0.3, 0.4) is 0 Å². The summed E-state index contributed by atoms with van der Waals surface area (Å²) in [7, 11) is -3.61. The third-order valence-electron chi connectivity index (χ3n) is 1.25. The third-order valence-corrected chi connectivity index (χ3v) is 1.25. The Bertz CT molecular complexity index is 111. The van der Waals surface area contributed by atoms with E-state index < -0.39 is 7.94 Å². The number of aliphatic hydroxyl groups is 3.